The van der Waals surface area contributed by atoms with Crippen molar-refractivity contribution in [1.82, 2.24) is 0 Å². The van der Waals surface area contributed by atoms with E-state index in [4.69, 9.17) is 9.47 Å². The Hall–Kier alpha value is -1.58. The van der Waals surface area contributed by atoms with E-state index in [0.717, 1.165) is 0 Å². The van der Waals surface area contributed by atoms with Crippen LogP contribution in [0, 0.1) is 11.8 Å². The van der Waals surface area contributed by atoms with Crippen molar-refractivity contribution in [2.24, 2.45) is 11.8 Å². The van der Waals surface area contributed by atoms with E-state index in [9.17, 15) is 9.59 Å². The van der Waals surface area contributed by atoms with Gasteiger partial charge in [0.1, 0.15) is 12.2 Å². The normalized spacial score (nSPS) is 34.9. The second kappa shape index (κ2) is 4.12. The predicted octanol–water partition coefficient (Wildman–Crippen LogP) is 1.22. The molecule has 0 spiro atoms. The zero-order valence-electron chi connectivity index (χ0n) is 9.25. The summed E-state index contributed by atoms with van der Waals surface area (Å²) in [4.78, 5) is 21.9. The maximum Gasteiger partial charge on any atom is 0.303 e. The summed E-state index contributed by atoms with van der Waals surface area (Å²) in [7, 11) is 0. The Kier molecular flexibility index (Phi) is 2.81. The number of rotatable bonds is 2. The topological polar surface area (TPSA) is 52.6 Å². The maximum atomic E-state index is 10.9. The molecule has 2 rings (SSSR count). The molecule has 4 heteroatoms. The van der Waals surface area contributed by atoms with Crippen LogP contribution in [0.5, 0.6) is 0 Å². The highest BCUT2D eigenvalue weighted by atomic mass is 16.6. The van der Waals surface area contributed by atoms with Crippen molar-refractivity contribution in [3.05, 3.63) is 24.3 Å². The minimum absolute atomic E-state index is 0.137. The molecule has 1 fully saturated rings. The minimum atomic E-state index is -0.344. The van der Waals surface area contributed by atoms with Crippen molar-refractivity contribution in [3.8, 4) is 0 Å². The van der Waals surface area contributed by atoms with Crippen LogP contribution in [0.3, 0.4) is 0 Å². The highest BCUT2D eigenvalue weighted by molar-refractivity contribution is 5.68. The van der Waals surface area contributed by atoms with Gasteiger partial charge in [-0.15, -0.1) is 0 Å². The molecule has 2 aliphatic rings. The van der Waals surface area contributed by atoms with Gasteiger partial charge in [-0.3, -0.25) is 9.59 Å². The molecule has 0 N–H and O–H groups in total. The molecule has 0 radical (unpaired) electrons. The van der Waals surface area contributed by atoms with E-state index in [1.807, 2.05) is 24.3 Å². The van der Waals surface area contributed by atoms with Crippen molar-refractivity contribution in [2.75, 3.05) is 0 Å². The average Bonchev–Trinajstić information content (AvgIpc) is 2.23. The third-order valence-electron chi connectivity index (χ3n) is 2.91. The molecule has 0 aromatic carbocycles. The largest absolute Gasteiger partial charge is 0.458 e. The predicted molar refractivity (Wildman–Crippen MR) is 56.4 cm³/mol. The summed E-state index contributed by atoms with van der Waals surface area (Å²) in [6.45, 7) is 2.72. The van der Waals surface area contributed by atoms with Gasteiger partial charge in [0.2, 0.25) is 0 Å². The average molecular weight is 222 g/mol. The van der Waals surface area contributed by atoms with Crippen LogP contribution in [0.2, 0.25) is 0 Å². The van der Waals surface area contributed by atoms with Crippen molar-refractivity contribution >= 4 is 11.9 Å². The zero-order chi connectivity index (χ0) is 11.7. The summed E-state index contributed by atoms with van der Waals surface area (Å²) < 4.78 is 10.3. The number of esters is 2. The van der Waals surface area contributed by atoms with E-state index < -0.39 is 0 Å². The summed E-state index contributed by atoms with van der Waals surface area (Å²) in [6.07, 6.45) is 7.13. The van der Waals surface area contributed by atoms with Gasteiger partial charge in [0.25, 0.3) is 0 Å². The van der Waals surface area contributed by atoms with Gasteiger partial charge in [0.15, 0.2) is 0 Å². The van der Waals surface area contributed by atoms with E-state index in [-0.39, 0.29) is 36.0 Å². The molecule has 0 aliphatic heterocycles. The van der Waals surface area contributed by atoms with Crippen LogP contribution >= 0.6 is 0 Å². The minimum Gasteiger partial charge on any atom is -0.458 e. The van der Waals surface area contributed by atoms with Gasteiger partial charge in [-0.05, 0) is 0 Å². The molecule has 2 aliphatic carbocycles. The smallest absolute Gasteiger partial charge is 0.303 e. The number of carbonyl (C=O) groups excluding carboxylic acids is 2. The number of allylic oxidation sites excluding steroid dienone is 2. The third-order valence-corrected chi connectivity index (χ3v) is 2.91. The molecule has 0 aromatic rings. The van der Waals surface area contributed by atoms with E-state index in [0.29, 0.717) is 0 Å². The molecule has 1 saturated carbocycles. The van der Waals surface area contributed by atoms with E-state index in [1.54, 1.807) is 0 Å². The Labute approximate surface area is 93.9 Å². The molecular weight excluding hydrogens is 208 g/mol. The van der Waals surface area contributed by atoms with Gasteiger partial charge in [-0.25, -0.2) is 0 Å². The quantitative estimate of drug-likeness (QED) is 0.659. The second-order valence-corrected chi connectivity index (χ2v) is 4.07. The van der Waals surface area contributed by atoms with Crippen LogP contribution in [0.25, 0.3) is 0 Å². The van der Waals surface area contributed by atoms with Crippen molar-refractivity contribution < 1.29 is 19.1 Å². The number of fused-ring (bicyclic) bond motifs is 1. The summed E-state index contributed by atoms with van der Waals surface area (Å²) in [5.41, 5.74) is 0. The van der Waals surface area contributed by atoms with Gasteiger partial charge < -0.3 is 9.47 Å². The van der Waals surface area contributed by atoms with Crippen LogP contribution in [-0.4, -0.2) is 24.1 Å². The third kappa shape index (κ3) is 1.87. The lowest BCUT2D eigenvalue weighted by molar-refractivity contribution is -0.196. The fourth-order valence-corrected chi connectivity index (χ4v) is 2.27. The summed E-state index contributed by atoms with van der Waals surface area (Å²) >= 11 is 0. The van der Waals surface area contributed by atoms with Crippen molar-refractivity contribution in [1.29, 1.82) is 0 Å². The van der Waals surface area contributed by atoms with Crippen molar-refractivity contribution in [2.45, 2.75) is 26.1 Å². The Balaban J connectivity index is 2.08. The highest BCUT2D eigenvalue weighted by Gasteiger charge is 2.53. The molecule has 0 aromatic heterocycles. The molecule has 86 valence electrons. The fourth-order valence-electron chi connectivity index (χ4n) is 2.27. The number of ether oxygens (including phenoxy) is 2. The lowest BCUT2D eigenvalue weighted by atomic mass is 9.66. The van der Waals surface area contributed by atoms with Gasteiger partial charge >= 0.3 is 11.9 Å². The van der Waals surface area contributed by atoms with Gasteiger partial charge in [-0.2, -0.15) is 0 Å². The molecule has 4 nitrogen and oxygen atoms in total. The molecule has 0 amide bonds. The highest BCUT2D eigenvalue weighted by Crippen LogP contribution is 2.43. The Morgan fingerprint density at radius 2 is 1.25 bits per heavy atom. The van der Waals surface area contributed by atoms with Gasteiger partial charge in [0, 0.05) is 25.7 Å². The summed E-state index contributed by atoms with van der Waals surface area (Å²) in [6, 6.07) is 0. The Morgan fingerprint density at radius 1 is 0.875 bits per heavy atom. The molecule has 16 heavy (non-hydrogen) atoms. The van der Waals surface area contributed by atoms with Gasteiger partial charge in [0.05, 0.1) is 0 Å². The lowest BCUT2D eigenvalue weighted by Crippen LogP contribution is -2.58. The van der Waals surface area contributed by atoms with Gasteiger partial charge in [-0.1, -0.05) is 24.3 Å². The van der Waals surface area contributed by atoms with Crippen molar-refractivity contribution in [3.63, 3.8) is 0 Å². The van der Waals surface area contributed by atoms with Crippen LogP contribution < -0.4 is 0 Å². The first-order valence-corrected chi connectivity index (χ1v) is 5.29. The molecule has 4 atom stereocenters. The molecule has 0 unspecified atom stereocenters. The van der Waals surface area contributed by atoms with Crippen LogP contribution in [0.4, 0.5) is 0 Å². The SMILES string of the molecule is CC(=O)O[C@@H]1[C@@H]2C=CC=C[C@@H]2[C@H]1OC(C)=O. The maximum absolute atomic E-state index is 10.9. The number of hydrogen-bond donors (Lipinski definition) is 0. The van der Waals surface area contributed by atoms with Crippen LogP contribution in [0.1, 0.15) is 13.8 Å². The first kappa shape index (κ1) is 10.9. The van der Waals surface area contributed by atoms with E-state index in [1.165, 1.54) is 13.8 Å². The van der Waals surface area contributed by atoms with E-state index in [2.05, 4.69) is 0 Å². The van der Waals surface area contributed by atoms with Crippen LogP contribution in [-0.2, 0) is 19.1 Å². The summed E-state index contributed by atoms with van der Waals surface area (Å²) in [5.74, 6) is -0.413. The molecule has 0 heterocycles. The fraction of sp³-hybridized carbons (Fsp3) is 0.500. The number of carbonyl (C=O) groups is 2. The zero-order valence-corrected chi connectivity index (χ0v) is 9.25. The summed E-state index contributed by atoms with van der Waals surface area (Å²) in [5, 5.41) is 0. The Bertz CT molecular complexity index is 333. The Morgan fingerprint density at radius 3 is 1.56 bits per heavy atom. The molecule has 0 bridgehead atoms. The molecular formula is C12H14O4. The first-order chi connectivity index (χ1) is 7.59. The lowest BCUT2D eigenvalue weighted by Gasteiger charge is -2.48. The monoisotopic (exact) mass is 222 g/mol. The van der Waals surface area contributed by atoms with E-state index >= 15 is 0 Å². The van der Waals surface area contributed by atoms with Crippen LogP contribution in [0.15, 0.2) is 24.3 Å². The second-order valence-electron chi connectivity index (χ2n) is 4.07. The first-order valence-electron chi connectivity index (χ1n) is 5.29. The standard InChI is InChI=1S/C12H14O4/c1-7(13)15-11-9-5-3-4-6-10(9)12(11)16-8(2)14/h3-6,9-12H,1-2H3/t9-,10+,11-,12-/m1/s1. The number of hydrogen-bond acceptors (Lipinski definition) is 4. The molecule has 0 saturated heterocycles.